The number of ether oxygens (including phenoxy) is 1. The van der Waals surface area contributed by atoms with Gasteiger partial charge in [0, 0.05) is 11.4 Å². The van der Waals surface area contributed by atoms with Gasteiger partial charge in [0.25, 0.3) is 0 Å². The quantitative estimate of drug-likeness (QED) is 0.855. The normalized spacial score (nSPS) is 22.6. The molecule has 6 heteroatoms. The molecule has 2 atom stereocenters. The summed E-state index contributed by atoms with van der Waals surface area (Å²) in [4.78, 5) is 17.5. The summed E-state index contributed by atoms with van der Waals surface area (Å²) in [5.74, 6) is -0.353. The van der Waals surface area contributed by atoms with E-state index in [1.165, 1.54) is 5.06 Å². The lowest BCUT2D eigenvalue weighted by molar-refractivity contribution is -0.145. The Kier molecular flexibility index (Phi) is 4.63. The maximum atomic E-state index is 11.9. The molecule has 2 rings (SSSR count). The Morgan fingerprint density at radius 3 is 2.79 bits per heavy atom. The molecule has 0 aliphatic carbocycles. The van der Waals surface area contributed by atoms with Crippen molar-refractivity contribution in [1.29, 1.82) is 0 Å². The van der Waals surface area contributed by atoms with Gasteiger partial charge in [-0.15, -0.1) is 0 Å². The van der Waals surface area contributed by atoms with Crippen molar-refractivity contribution in [2.24, 2.45) is 0 Å². The lowest BCUT2D eigenvalue weighted by atomic mass is 10.1. The fourth-order valence-corrected chi connectivity index (χ4v) is 2.11. The second kappa shape index (κ2) is 6.23. The average molecular weight is 286 g/mol. The van der Waals surface area contributed by atoms with E-state index in [-0.39, 0.29) is 12.6 Å². The summed E-state index contributed by atoms with van der Waals surface area (Å²) < 4.78 is 5.03. The minimum Gasteiger partial charge on any atom is -0.464 e. The van der Waals surface area contributed by atoms with Crippen molar-refractivity contribution in [2.45, 2.75) is 25.5 Å². The van der Waals surface area contributed by atoms with Crippen LogP contribution in [0.5, 0.6) is 0 Å². The number of hydroxylamine groups is 1. The number of rotatable bonds is 4. The molecule has 1 aliphatic rings. The molecule has 0 radical (unpaired) electrons. The highest BCUT2D eigenvalue weighted by Gasteiger charge is 2.39. The molecule has 5 nitrogen and oxygen atoms in total. The maximum Gasteiger partial charge on any atom is 0.331 e. The van der Waals surface area contributed by atoms with Crippen LogP contribution in [0.25, 0.3) is 0 Å². The van der Waals surface area contributed by atoms with Gasteiger partial charge in [-0.1, -0.05) is 11.6 Å². The number of nitrogens with zero attached hydrogens (tertiary/aromatic N) is 1. The van der Waals surface area contributed by atoms with E-state index in [0.29, 0.717) is 23.7 Å². The zero-order chi connectivity index (χ0) is 13.8. The molecule has 0 spiro atoms. The minimum absolute atomic E-state index is 0.139. The van der Waals surface area contributed by atoms with Crippen LogP contribution in [0.3, 0.4) is 0 Å². The zero-order valence-corrected chi connectivity index (χ0v) is 11.3. The van der Waals surface area contributed by atoms with Crippen LogP contribution >= 0.6 is 11.6 Å². The second-order valence-electron chi connectivity index (χ2n) is 4.22. The summed E-state index contributed by atoms with van der Waals surface area (Å²) in [6, 6.07) is 6.41. The standard InChI is InChI=1S/C13H16ClNO4/c1-2-18-13(17)12-7-11(8-16)19-15(12)10-5-3-9(14)4-6-10/h3-6,11-12,16H,2,7-8H2,1H3/t11-,12-/m1/s1. The van der Waals surface area contributed by atoms with Gasteiger partial charge in [-0.3, -0.25) is 4.84 Å². The van der Waals surface area contributed by atoms with Crippen molar-refractivity contribution in [1.82, 2.24) is 0 Å². The molecule has 104 valence electrons. The van der Waals surface area contributed by atoms with E-state index >= 15 is 0 Å². The van der Waals surface area contributed by atoms with Crippen LogP contribution in [0.15, 0.2) is 24.3 Å². The van der Waals surface area contributed by atoms with E-state index < -0.39 is 12.1 Å². The lowest BCUT2D eigenvalue weighted by Crippen LogP contribution is -2.36. The molecule has 0 amide bonds. The van der Waals surface area contributed by atoms with E-state index in [4.69, 9.17) is 21.2 Å². The van der Waals surface area contributed by atoms with Gasteiger partial charge in [-0.05, 0) is 31.2 Å². The number of aliphatic hydroxyl groups excluding tert-OH is 1. The topological polar surface area (TPSA) is 59.0 Å². The molecule has 1 N–H and O–H groups in total. The molecule has 1 heterocycles. The van der Waals surface area contributed by atoms with Gasteiger partial charge in [0.2, 0.25) is 0 Å². The van der Waals surface area contributed by atoms with Crippen LogP contribution in [0.2, 0.25) is 5.02 Å². The fourth-order valence-electron chi connectivity index (χ4n) is 1.99. The van der Waals surface area contributed by atoms with Crippen molar-refractivity contribution < 1.29 is 19.5 Å². The minimum atomic E-state index is -0.543. The van der Waals surface area contributed by atoms with Gasteiger partial charge in [0.05, 0.1) is 18.9 Å². The highest BCUT2D eigenvalue weighted by Crippen LogP contribution is 2.29. The van der Waals surface area contributed by atoms with E-state index in [0.717, 1.165) is 0 Å². The van der Waals surface area contributed by atoms with Gasteiger partial charge in [-0.25, -0.2) is 9.86 Å². The van der Waals surface area contributed by atoms with Gasteiger partial charge >= 0.3 is 5.97 Å². The Morgan fingerprint density at radius 1 is 1.53 bits per heavy atom. The molecule has 1 fully saturated rings. The molecule has 0 unspecified atom stereocenters. The van der Waals surface area contributed by atoms with E-state index in [1.807, 2.05) is 0 Å². The molecule has 1 saturated heterocycles. The Morgan fingerprint density at radius 2 is 2.21 bits per heavy atom. The monoisotopic (exact) mass is 285 g/mol. The van der Waals surface area contributed by atoms with Gasteiger partial charge in [-0.2, -0.15) is 0 Å². The van der Waals surface area contributed by atoms with Crippen LogP contribution in [-0.4, -0.2) is 36.4 Å². The Bertz CT molecular complexity index is 437. The number of carbonyl (C=O) groups excluding carboxylic acids is 1. The van der Waals surface area contributed by atoms with Gasteiger partial charge in [0.15, 0.2) is 6.04 Å². The number of carbonyl (C=O) groups is 1. The van der Waals surface area contributed by atoms with Crippen molar-refractivity contribution in [2.75, 3.05) is 18.3 Å². The molecular formula is C13H16ClNO4. The summed E-state index contributed by atoms with van der Waals surface area (Å²) in [5.41, 5.74) is 0.707. The summed E-state index contributed by atoms with van der Waals surface area (Å²) in [6.07, 6.45) is 0.00268. The molecule has 1 aliphatic heterocycles. The van der Waals surface area contributed by atoms with Crippen molar-refractivity contribution >= 4 is 23.3 Å². The van der Waals surface area contributed by atoms with Gasteiger partial charge < -0.3 is 9.84 Å². The number of halogens is 1. The molecule has 19 heavy (non-hydrogen) atoms. The largest absolute Gasteiger partial charge is 0.464 e. The van der Waals surface area contributed by atoms with E-state index in [1.54, 1.807) is 31.2 Å². The van der Waals surface area contributed by atoms with Crippen LogP contribution in [0.1, 0.15) is 13.3 Å². The molecule has 1 aromatic rings. The van der Waals surface area contributed by atoms with Crippen molar-refractivity contribution in [3.05, 3.63) is 29.3 Å². The first-order valence-corrected chi connectivity index (χ1v) is 6.52. The molecule has 0 saturated carbocycles. The lowest BCUT2D eigenvalue weighted by Gasteiger charge is -2.23. The predicted octanol–water partition coefficient (Wildman–Crippen LogP) is 1.77. The number of anilines is 1. The first kappa shape index (κ1) is 14.1. The van der Waals surface area contributed by atoms with E-state index in [2.05, 4.69) is 0 Å². The van der Waals surface area contributed by atoms with Crippen molar-refractivity contribution in [3.8, 4) is 0 Å². The summed E-state index contributed by atoms with van der Waals surface area (Å²) in [7, 11) is 0. The highest BCUT2D eigenvalue weighted by molar-refractivity contribution is 6.30. The smallest absolute Gasteiger partial charge is 0.331 e. The summed E-state index contributed by atoms with van der Waals surface area (Å²) >= 11 is 5.83. The summed E-state index contributed by atoms with van der Waals surface area (Å²) in [5, 5.41) is 11.3. The Labute approximate surface area is 116 Å². The first-order valence-electron chi connectivity index (χ1n) is 6.14. The SMILES string of the molecule is CCOC(=O)[C@H]1C[C@H](CO)ON1c1ccc(Cl)cc1. The third kappa shape index (κ3) is 3.18. The van der Waals surface area contributed by atoms with Gasteiger partial charge in [0.1, 0.15) is 6.10 Å². The van der Waals surface area contributed by atoms with Crippen LogP contribution < -0.4 is 5.06 Å². The number of benzene rings is 1. The second-order valence-corrected chi connectivity index (χ2v) is 4.65. The van der Waals surface area contributed by atoms with Crippen LogP contribution in [-0.2, 0) is 14.4 Å². The number of aliphatic hydroxyl groups is 1. The molecule has 0 aromatic heterocycles. The molecular weight excluding hydrogens is 270 g/mol. The predicted molar refractivity (Wildman–Crippen MR) is 70.9 cm³/mol. The number of hydrogen-bond acceptors (Lipinski definition) is 5. The van der Waals surface area contributed by atoms with E-state index in [9.17, 15) is 9.90 Å². The van der Waals surface area contributed by atoms with Crippen molar-refractivity contribution in [3.63, 3.8) is 0 Å². The Balaban J connectivity index is 2.19. The third-order valence-electron chi connectivity index (χ3n) is 2.88. The molecule has 0 bridgehead atoms. The maximum absolute atomic E-state index is 11.9. The molecule has 1 aromatic carbocycles. The fraction of sp³-hybridized carbons (Fsp3) is 0.462. The number of esters is 1. The third-order valence-corrected chi connectivity index (χ3v) is 3.13. The first-order chi connectivity index (χ1) is 9.15. The summed E-state index contributed by atoms with van der Waals surface area (Å²) in [6.45, 7) is 1.93. The zero-order valence-electron chi connectivity index (χ0n) is 10.6. The van der Waals surface area contributed by atoms with Crippen LogP contribution in [0.4, 0.5) is 5.69 Å². The highest BCUT2D eigenvalue weighted by atomic mass is 35.5. The Hall–Kier alpha value is -1.30. The van der Waals surface area contributed by atoms with Crippen LogP contribution in [0, 0.1) is 0 Å². The number of hydrogen-bond donors (Lipinski definition) is 1. The average Bonchev–Trinajstić information content (AvgIpc) is 2.84.